The van der Waals surface area contributed by atoms with E-state index in [1.807, 2.05) is 0 Å². The lowest BCUT2D eigenvalue weighted by Crippen LogP contribution is -2.11. The van der Waals surface area contributed by atoms with Crippen LogP contribution in [0.2, 0.25) is 0 Å². The molecule has 22 heavy (non-hydrogen) atoms. The molecule has 2 aromatic carbocycles. The van der Waals surface area contributed by atoms with Crippen LogP contribution >= 0.6 is 0 Å². The van der Waals surface area contributed by atoms with Gasteiger partial charge in [0.1, 0.15) is 0 Å². The molecule has 1 unspecified atom stereocenters. The zero-order chi connectivity index (χ0) is 16.0. The fourth-order valence-corrected chi connectivity index (χ4v) is 3.06. The maximum absolute atomic E-state index is 2.34. The summed E-state index contributed by atoms with van der Waals surface area (Å²) in [5.74, 6) is 0.692. The maximum atomic E-state index is 2.34. The Bertz CT molecular complexity index is 543. The monoisotopic (exact) mass is 294 g/mol. The highest BCUT2D eigenvalue weighted by Gasteiger charge is 2.15. The van der Waals surface area contributed by atoms with Gasteiger partial charge in [0.15, 0.2) is 0 Å². The SMILES string of the molecule is CCC(CCCc1ccccc1)c1ccc(C(C)(C)C)cc1. The number of hydrogen-bond donors (Lipinski definition) is 0. The first-order valence-corrected chi connectivity index (χ1v) is 8.65. The molecule has 0 heteroatoms. The Kier molecular flexibility index (Phi) is 5.83. The molecule has 0 heterocycles. The van der Waals surface area contributed by atoms with Gasteiger partial charge >= 0.3 is 0 Å². The summed E-state index contributed by atoms with van der Waals surface area (Å²) in [7, 11) is 0. The highest BCUT2D eigenvalue weighted by Crippen LogP contribution is 2.28. The lowest BCUT2D eigenvalue weighted by Gasteiger charge is -2.21. The van der Waals surface area contributed by atoms with E-state index in [2.05, 4.69) is 82.3 Å². The zero-order valence-corrected chi connectivity index (χ0v) is 14.6. The predicted molar refractivity (Wildman–Crippen MR) is 97.6 cm³/mol. The second-order valence-electron chi connectivity index (χ2n) is 7.36. The largest absolute Gasteiger partial charge is 0.0648 e. The minimum absolute atomic E-state index is 0.244. The van der Waals surface area contributed by atoms with E-state index in [9.17, 15) is 0 Å². The van der Waals surface area contributed by atoms with E-state index in [4.69, 9.17) is 0 Å². The molecule has 0 aliphatic heterocycles. The molecule has 0 amide bonds. The average Bonchev–Trinajstić information content (AvgIpc) is 2.52. The van der Waals surface area contributed by atoms with Gasteiger partial charge in [0.05, 0.1) is 0 Å². The number of aryl methyl sites for hydroxylation is 1. The van der Waals surface area contributed by atoms with Crippen LogP contribution in [0.25, 0.3) is 0 Å². The third kappa shape index (κ3) is 4.73. The second kappa shape index (κ2) is 7.63. The van der Waals surface area contributed by atoms with Crippen molar-refractivity contribution in [1.29, 1.82) is 0 Å². The summed E-state index contributed by atoms with van der Waals surface area (Å²) in [5, 5.41) is 0. The Hall–Kier alpha value is -1.56. The van der Waals surface area contributed by atoms with Crippen molar-refractivity contribution in [1.82, 2.24) is 0 Å². The topological polar surface area (TPSA) is 0 Å². The molecule has 0 saturated carbocycles. The first-order chi connectivity index (χ1) is 10.5. The minimum atomic E-state index is 0.244. The van der Waals surface area contributed by atoms with Crippen molar-refractivity contribution in [3.63, 3.8) is 0 Å². The van der Waals surface area contributed by atoms with Crippen molar-refractivity contribution in [2.24, 2.45) is 0 Å². The molecule has 0 aromatic heterocycles. The first kappa shape index (κ1) is 16.8. The molecule has 2 rings (SSSR count). The van der Waals surface area contributed by atoms with Gasteiger partial charge in [0.25, 0.3) is 0 Å². The third-order valence-electron chi connectivity index (χ3n) is 4.60. The Morgan fingerprint density at radius 2 is 1.50 bits per heavy atom. The van der Waals surface area contributed by atoms with Gasteiger partial charge in [0, 0.05) is 0 Å². The summed E-state index contributed by atoms with van der Waals surface area (Å²) in [6.07, 6.45) is 4.96. The molecule has 0 aliphatic carbocycles. The molecule has 0 saturated heterocycles. The van der Waals surface area contributed by atoms with Crippen molar-refractivity contribution < 1.29 is 0 Å². The Morgan fingerprint density at radius 1 is 0.864 bits per heavy atom. The Labute approximate surface area is 136 Å². The summed E-state index contributed by atoms with van der Waals surface area (Å²) >= 11 is 0. The molecule has 2 aromatic rings. The Morgan fingerprint density at radius 3 is 2.05 bits per heavy atom. The number of benzene rings is 2. The van der Waals surface area contributed by atoms with Crippen LogP contribution in [0.15, 0.2) is 54.6 Å². The van der Waals surface area contributed by atoms with Crippen molar-refractivity contribution in [2.75, 3.05) is 0 Å². The van der Waals surface area contributed by atoms with Crippen molar-refractivity contribution in [3.8, 4) is 0 Å². The van der Waals surface area contributed by atoms with Crippen molar-refractivity contribution >= 4 is 0 Å². The smallest absolute Gasteiger partial charge is 0.0132 e. The molecule has 0 aliphatic rings. The molecule has 0 nitrogen and oxygen atoms in total. The molecule has 0 radical (unpaired) electrons. The highest BCUT2D eigenvalue weighted by atomic mass is 14.2. The lowest BCUT2D eigenvalue weighted by atomic mass is 9.84. The molecular formula is C22H30. The third-order valence-corrected chi connectivity index (χ3v) is 4.60. The van der Waals surface area contributed by atoms with Gasteiger partial charge < -0.3 is 0 Å². The normalized spacial score (nSPS) is 13.1. The second-order valence-corrected chi connectivity index (χ2v) is 7.36. The zero-order valence-electron chi connectivity index (χ0n) is 14.6. The van der Waals surface area contributed by atoms with E-state index in [1.165, 1.54) is 42.4 Å². The van der Waals surface area contributed by atoms with Crippen LogP contribution in [-0.4, -0.2) is 0 Å². The fraction of sp³-hybridized carbons (Fsp3) is 0.455. The van der Waals surface area contributed by atoms with Gasteiger partial charge in [-0.15, -0.1) is 0 Å². The van der Waals surface area contributed by atoms with Gasteiger partial charge in [-0.3, -0.25) is 0 Å². The van der Waals surface area contributed by atoms with Crippen LogP contribution < -0.4 is 0 Å². The van der Waals surface area contributed by atoms with Gasteiger partial charge in [-0.2, -0.15) is 0 Å². The number of rotatable bonds is 6. The van der Waals surface area contributed by atoms with E-state index in [-0.39, 0.29) is 5.41 Å². The van der Waals surface area contributed by atoms with E-state index in [0.717, 1.165) is 0 Å². The van der Waals surface area contributed by atoms with Crippen LogP contribution in [0.5, 0.6) is 0 Å². The Balaban J connectivity index is 1.93. The maximum Gasteiger partial charge on any atom is -0.0132 e. The molecule has 0 fully saturated rings. The molecule has 118 valence electrons. The van der Waals surface area contributed by atoms with Crippen LogP contribution in [-0.2, 0) is 11.8 Å². The molecule has 0 bridgehead atoms. The molecule has 1 atom stereocenters. The fourth-order valence-electron chi connectivity index (χ4n) is 3.06. The van der Waals surface area contributed by atoms with Crippen molar-refractivity contribution in [3.05, 3.63) is 71.3 Å². The van der Waals surface area contributed by atoms with E-state index < -0.39 is 0 Å². The summed E-state index contributed by atoms with van der Waals surface area (Å²) < 4.78 is 0. The standard InChI is InChI=1S/C22H30/c1-5-19(13-9-12-18-10-7-6-8-11-18)20-14-16-21(17-15-20)22(2,3)4/h6-8,10-11,14-17,19H,5,9,12-13H2,1-4H3. The summed E-state index contributed by atoms with van der Waals surface area (Å²) in [6.45, 7) is 9.14. The van der Waals surface area contributed by atoms with E-state index in [1.54, 1.807) is 0 Å². The van der Waals surface area contributed by atoms with E-state index in [0.29, 0.717) is 5.92 Å². The highest BCUT2D eigenvalue weighted by molar-refractivity contribution is 5.29. The first-order valence-electron chi connectivity index (χ1n) is 8.65. The van der Waals surface area contributed by atoms with Crippen LogP contribution in [0.1, 0.15) is 69.6 Å². The van der Waals surface area contributed by atoms with Gasteiger partial charge in [-0.25, -0.2) is 0 Å². The predicted octanol–water partition coefficient (Wildman–Crippen LogP) is 6.50. The average molecular weight is 294 g/mol. The summed E-state index contributed by atoms with van der Waals surface area (Å²) in [5.41, 5.74) is 4.63. The molecular weight excluding hydrogens is 264 g/mol. The van der Waals surface area contributed by atoms with Crippen molar-refractivity contribution in [2.45, 2.75) is 64.7 Å². The molecule has 0 spiro atoms. The van der Waals surface area contributed by atoms with Crippen LogP contribution in [0.3, 0.4) is 0 Å². The minimum Gasteiger partial charge on any atom is -0.0648 e. The van der Waals surface area contributed by atoms with Crippen LogP contribution in [0.4, 0.5) is 0 Å². The summed E-state index contributed by atoms with van der Waals surface area (Å²) in [6, 6.07) is 20.2. The summed E-state index contributed by atoms with van der Waals surface area (Å²) in [4.78, 5) is 0. The quantitative estimate of drug-likeness (QED) is 0.570. The number of hydrogen-bond acceptors (Lipinski definition) is 0. The van der Waals surface area contributed by atoms with Gasteiger partial charge in [0.2, 0.25) is 0 Å². The lowest BCUT2D eigenvalue weighted by molar-refractivity contribution is 0.570. The van der Waals surface area contributed by atoms with Gasteiger partial charge in [-0.1, -0.05) is 82.3 Å². The molecule has 0 N–H and O–H groups in total. The van der Waals surface area contributed by atoms with E-state index >= 15 is 0 Å². The van der Waals surface area contributed by atoms with Gasteiger partial charge in [-0.05, 0) is 53.7 Å². The van der Waals surface area contributed by atoms with Crippen LogP contribution in [0, 0.1) is 0 Å².